The third-order valence-corrected chi connectivity index (χ3v) is 5.14. The van der Waals surface area contributed by atoms with Gasteiger partial charge in [-0.15, -0.1) is 0 Å². The van der Waals surface area contributed by atoms with Crippen molar-refractivity contribution in [2.75, 3.05) is 25.7 Å². The molecule has 2 aromatic rings. The molecular formula is C20H21NO3. The van der Waals surface area contributed by atoms with Gasteiger partial charge >= 0.3 is 0 Å². The summed E-state index contributed by atoms with van der Waals surface area (Å²) < 4.78 is 10.9. The van der Waals surface area contributed by atoms with Crippen LogP contribution < -0.4 is 14.4 Å². The van der Waals surface area contributed by atoms with Crippen LogP contribution in [0.1, 0.15) is 39.5 Å². The molecule has 2 heterocycles. The lowest BCUT2D eigenvalue weighted by molar-refractivity contribution is 0.0964. The second-order valence-electron chi connectivity index (χ2n) is 6.51. The highest BCUT2D eigenvalue weighted by molar-refractivity contribution is 6.04. The average molecular weight is 323 g/mol. The Kier molecular flexibility index (Phi) is 3.48. The molecule has 2 aliphatic rings. The summed E-state index contributed by atoms with van der Waals surface area (Å²) in [5.41, 5.74) is 5.47. The van der Waals surface area contributed by atoms with Crippen molar-refractivity contribution in [3.63, 3.8) is 0 Å². The minimum atomic E-state index is 0.0799. The number of methoxy groups -OCH3 is 2. The van der Waals surface area contributed by atoms with E-state index in [4.69, 9.17) is 9.47 Å². The number of anilines is 1. The standard InChI is InChI=1S/C20H21NO3/c1-12-4-5-16-15(8-12)18(22)11-17-14-10-20(24-3)19(23-2)9-13(14)6-7-21(16)17/h4-5,8-10,17H,6-7,11H2,1-3H3/t17-/m1/s1. The lowest BCUT2D eigenvalue weighted by atomic mass is 9.83. The number of hydrogen-bond donors (Lipinski definition) is 0. The molecule has 2 aromatic carbocycles. The number of ether oxygens (including phenoxy) is 2. The van der Waals surface area contributed by atoms with E-state index in [1.54, 1.807) is 14.2 Å². The van der Waals surface area contributed by atoms with E-state index in [9.17, 15) is 4.79 Å². The number of benzene rings is 2. The molecule has 4 heteroatoms. The first-order valence-electron chi connectivity index (χ1n) is 8.27. The highest BCUT2D eigenvalue weighted by Gasteiger charge is 2.36. The number of carbonyl (C=O) groups excluding carboxylic acids is 1. The minimum absolute atomic E-state index is 0.0799. The number of rotatable bonds is 2. The van der Waals surface area contributed by atoms with Gasteiger partial charge in [0.15, 0.2) is 17.3 Å². The molecule has 0 amide bonds. The predicted octanol–water partition coefficient (Wildman–Crippen LogP) is 3.70. The molecule has 0 saturated heterocycles. The van der Waals surface area contributed by atoms with Gasteiger partial charge in [-0.3, -0.25) is 4.79 Å². The van der Waals surface area contributed by atoms with Crippen molar-refractivity contribution in [1.82, 2.24) is 0 Å². The van der Waals surface area contributed by atoms with Gasteiger partial charge in [-0.05, 0) is 48.7 Å². The van der Waals surface area contributed by atoms with Crippen LogP contribution >= 0.6 is 0 Å². The zero-order valence-electron chi connectivity index (χ0n) is 14.3. The van der Waals surface area contributed by atoms with Crippen LogP contribution in [0.2, 0.25) is 0 Å². The van der Waals surface area contributed by atoms with Gasteiger partial charge in [0.05, 0.1) is 20.3 Å². The van der Waals surface area contributed by atoms with Gasteiger partial charge in [0.1, 0.15) is 0 Å². The number of aryl methyl sites for hydroxylation is 1. The number of fused-ring (bicyclic) bond motifs is 5. The van der Waals surface area contributed by atoms with Crippen LogP contribution in [0.25, 0.3) is 0 Å². The third-order valence-electron chi connectivity index (χ3n) is 5.14. The summed E-state index contributed by atoms with van der Waals surface area (Å²) in [7, 11) is 3.30. The number of nitrogens with zero attached hydrogens (tertiary/aromatic N) is 1. The highest BCUT2D eigenvalue weighted by atomic mass is 16.5. The largest absolute Gasteiger partial charge is 0.493 e. The fourth-order valence-corrected chi connectivity index (χ4v) is 3.95. The van der Waals surface area contributed by atoms with Gasteiger partial charge in [-0.1, -0.05) is 11.6 Å². The highest BCUT2D eigenvalue weighted by Crippen LogP contribution is 2.45. The first-order valence-corrected chi connectivity index (χ1v) is 8.27. The molecule has 0 radical (unpaired) electrons. The molecule has 0 spiro atoms. The maximum atomic E-state index is 12.7. The van der Waals surface area contributed by atoms with E-state index in [1.807, 2.05) is 19.1 Å². The zero-order chi connectivity index (χ0) is 16.8. The minimum Gasteiger partial charge on any atom is -0.493 e. The zero-order valence-corrected chi connectivity index (χ0v) is 14.3. The Morgan fingerprint density at radius 2 is 1.83 bits per heavy atom. The molecule has 1 atom stereocenters. The fraction of sp³-hybridized carbons (Fsp3) is 0.350. The number of ketones is 1. The summed E-state index contributed by atoms with van der Waals surface area (Å²) in [6, 6.07) is 10.4. The molecule has 124 valence electrons. The van der Waals surface area contributed by atoms with Crippen LogP contribution in [0.3, 0.4) is 0 Å². The lowest BCUT2D eigenvalue weighted by Crippen LogP contribution is -2.40. The molecule has 4 nitrogen and oxygen atoms in total. The Labute approximate surface area is 142 Å². The topological polar surface area (TPSA) is 38.8 Å². The summed E-state index contributed by atoms with van der Waals surface area (Å²) >= 11 is 0. The average Bonchev–Trinajstić information content (AvgIpc) is 2.60. The molecule has 0 aliphatic carbocycles. The maximum absolute atomic E-state index is 12.7. The second-order valence-corrected chi connectivity index (χ2v) is 6.51. The van der Waals surface area contributed by atoms with Crippen molar-refractivity contribution in [2.24, 2.45) is 0 Å². The normalized spacial score (nSPS) is 18.5. The first kappa shape index (κ1) is 15.1. The van der Waals surface area contributed by atoms with Gasteiger partial charge in [0.25, 0.3) is 0 Å². The van der Waals surface area contributed by atoms with Crippen LogP contribution in [-0.4, -0.2) is 26.5 Å². The molecule has 2 aliphatic heterocycles. The Bertz CT molecular complexity index is 828. The van der Waals surface area contributed by atoms with Crippen molar-refractivity contribution in [2.45, 2.75) is 25.8 Å². The summed E-state index contributed by atoms with van der Waals surface area (Å²) in [4.78, 5) is 15.1. The number of Topliss-reactive ketones (excluding diaryl/α,β-unsaturated/α-hetero) is 1. The number of hydrogen-bond acceptors (Lipinski definition) is 4. The quantitative estimate of drug-likeness (QED) is 0.845. The first-order chi connectivity index (χ1) is 11.6. The van der Waals surface area contributed by atoms with E-state index >= 15 is 0 Å². The Morgan fingerprint density at radius 1 is 1.08 bits per heavy atom. The molecular weight excluding hydrogens is 302 g/mol. The van der Waals surface area contributed by atoms with Crippen molar-refractivity contribution < 1.29 is 14.3 Å². The van der Waals surface area contributed by atoms with E-state index in [1.165, 1.54) is 11.1 Å². The molecule has 0 saturated carbocycles. The van der Waals surface area contributed by atoms with E-state index in [2.05, 4.69) is 23.1 Å². The van der Waals surface area contributed by atoms with Crippen molar-refractivity contribution >= 4 is 11.5 Å². The van der Waals surface area contributed by atoms with Crippen molar-refractivity contribution in [1.29, 1.82) is 0 Å². The summed E-state index contributed by atoms with van der Waals surface area (Å²) in [5, 5.41) is 0. The van der Waals surface area contributed by atoms with Crippen LogP contribution in [0.15, 0.2) is 30.3 Å². The lowest BCUT2D eigenvalue weighted by Gasteiger charge is -2.42. The molecule has 0 fully saturated rings. The van der Waals surface area contributed by atoms with Crippen LogP contribution in [-0.2, 0) is 6.42 Å². The SMILES string of the molecule is COc1cc2c(cc1OC)[C@H]1CC(=O)c3cc(C)ccc3N1CC2. The van der Waals surface area contributed by atoms with Crippen LogP contribution in [0.4, 0.5) is 5.69 Å². The summed E-state index contributed by atoms with van der Waals surface area (Å²) in [5.74, 6) is 1.70. The van der Waals surface area contributed by atoms with E-state index in [-0.39, 0.29) is 11.8 Å². The smallest absolute Gasteiger partial charge is 0.167 e. The summed E-state index contributed by atoms with van der Waals surface area (Å²) in [6.45, 7) is 2.94. The predicted molar refractivity (Wildman–Crippen MR) is 93.5 cm³/mol. The molecule has 0 N–H and O–H groups in total. The second kappa shape index (κ2) is 5.55. The van der Waals surface area contributed by atoms with Gasteiger partial charge < -0.3 is 14.4 Å². The van der Waals surface area contributed by atoms with Gasteiger partial charge in [-0.25, -0.2) is 0 Å². The van der Waals surface area contributed by atoms with Crippen LogP contribution in [0, 0.1) is 6.92 Å². The van der Waals surface area contributed by atoms with Crippen molar-refractivity contribution in [3.05, 3.63) is 52.6 Å². The van der Waals surface area contributed by atoms with E-state index < -0.39 is 0 Å². The Balaban J connectivity index is 1.83. The fourth-order valence-electron chi connectivity index (χ4n) is 3.95. The Hall–Kier alpha value is -2.49. The van der Waals surface area contributed by atoms with Gasteiger partial charge in [0.2, 0.25) is 0 Å². The Morgan fingerprint density at radius 3 is 2.58 bits per heavy atom. The molecule has 0 unspecified atom stereocenters. The molecule has 0 aromatic heterocycles. The van der Waals surface area contributed by atoms with E-state index in [0.29, 0.717) is 6.42 Å². The molecule has 0 bridgehead atoms. The summed E-state index contributed by atoms with van der Waals surface area (Å²) in [6.07, 6.45) is 1.45. The van der Waals surface area contributed by atoms with Gasteiger partial charge in [0, 0.05) is 24.2 Å². The molecule has 4 rings (SSSR count). The maximum Gasteiger partial charge on any atom is 0.167 e. The molecule has 24 heavy (non-hydrogen) atoms. The van der Waals surface area contributed by atoms with Gasteiger partial charge in [-0.2, -0.15) is 0 Å². The number of carbonyl (C=O) groups is 1. The van der Waals surface area contributed by atoms with E-state index in [0.717, 1.165) is 41.3 Å². The monoisotopic (exact) mass is 323 g/mol. The van der Waals surface area contributed by atoms with Crippen LogP contribution in [0.5, 0.6) is 11.5 Å². The third kappa shape index (κ3) is 2.17. The van der Waals surface area contributed by atoms with Crippen molar-refractivity contribution in [3.8, 4) is 11.5 Å².